The number of thiophene rings is 1. The highest BCUT2D eigenvalue weighted by atomic mass is 35.5. The summed E-state index contributed by atoms with van der Waals surface area (Å²) in [5.41, 5.74) is 0. The summed E-state index contributed by atoms with van der Waals surface area (Å²) in [4.78, 5) is 15.0. The van der Waals surface area contributed by atoms with Crippen molar-refractivity contribution < 1.29 is 13.6 Å². The predicted molar refractivity (Wildman–Crippen MR) is 78.9 cm³/mol. The van der Waals surface area contributed by atoms with Gasteiger partial charge < -0.3 is 4.90 Å². The molecule has 3 nitrogen and oxygen atoms in total. The number of likely N-dealkylation sites (N-methyl/N-ethyl adjacent to an activating group) is 1. The fourth-order valence-corrected chi connectivity index (χ4v) is 2.93. The summed E-state index contributed by atoms with van der Waals surface area (Å²) in [7, 11) is 0. The van der Waals surface area contributed by atoms with Crippen LogP contribution >= 0.6 is 23.7 Å². The van der Waals surface area contributed by atoms with E-state index in [1.54, 1.807) is 16.2 Å². The van der Waals surface area contributed by atoms with Gasteiger partial charge in [0.25, 0.3) is 5.92 Å². The molecule has 0 spiro atoms. The van der Waals surface area contributed by atoms with Crippen LogP contribution in [-0.2, 0) is 11.2 Å². The van der Waals surface area contributed by atoms with Crippen LogP contribution in [0.15, 0.2) is 17.5 Å². The highest BCUT2D eigenvalue weighted by Gasteiger charge is 2.43. The molecule has 1 N–H and O–H groups in total. The minimum Gasteiger partial charge on any atom is -0.341 e. The summed E-state index contributed by atoms with van der Waals surface area (Å²) in [5, 5.41) is 4.61. The summed E-state index contributed by atoms with van der Waals surface area (Å²) in [6, 6.07) is 3.25. The predicted octanol–water partition coefficient (Wildman–Crippen LogP) is 2.56. The van der Waals surface area contributed by atoms with Gasteiger partial charge in [-0.15, -0.1) is 23.7 Å². The number of nitrogens with one attached hydrogen (secondary N) is 1. The Bertz CT molecular complexity index is 428. The summed E-state index contributed by atoms with van der Waals surface area (Å²) in [5.74, 6) is -2.97. The van der Waals surface area contributed by atoms with Crippen molar-refractivity contribution in [3.8, 4) is 0 Å². The van der Waals surface area contributed by atoms with Crippen LogP contribution in [0.4, 0.5) is 8.78 Å². The Morgan fingerprint density at radius 2 is 2.35 bits per heavy atom. The van der Waals surface area contributed by atoms with E-state index in [2.05, 4.69) is 5.32 Å². The molecule has 1 fully saturated rings. The van der Waals surface area contributed by atoms with Gasteiger partial charge in [0.2, 0.25) is 5.91 Å². The molecule has 114 valence electrons. The molecule has 1 saturated heterocycles. The first-order valence-electron chi connectivity index (χ1n) is 6.44. The molecule has 0 bridgehead atoms. The van der Waals surface area contributed by atoms with Crippen LogP contribution in [-0.4, -0.2) is 42.4 Å². The summed E-state index contributed by atoms with van der Waals surface area (Å²) < 4.78 is 26.2. The maximum atomic E-state index is 13.1. The molecule has 1 aliphatic rings. The number of alkyl halides is 2. The number of carbonyl (C=O) groups is 1. The van der Waals surface area contributed by atoms with Crippen LogP contribution in [0.25, 0.3) is 0 Å². The minimum absolute atomic E-state index is 0. The quantitative estimate of drug-likeness (QED) is 0.903. The van der Waals surface area contributed by atoms with Gasteiger partial charge in [-0.3, -0.25) is 10.1 Å². The number of halogens is 3. The van der Waals surface area contributed by atoms with Gasteiger partial charge >= 0.3 is 0 Å². The van der Waals surface area contributed by atoms with Crippen LogP contribution in [0.2, 0.25) is 0 Å². The van der Waals surface area contributed by atoms with E-state index in [0.717, 1.165) is 6.42 Å². The first-order chi connectivity index (χ1) is 9.02. The van der Waals surface area contributed by atoms with Crippen LogP contribution < -0.4 is 5.32 Å². The third-order valence-electron chi connectivity index (χ3n) is 3.31. The zero-order valence-electron chi connectivity index (χ0n) is 11.3. The van der Waals surface area contributed by atoms with Gasteiger partial charge in [-0.1, -0.05) is 6.07 Å². The van der Waals surface area contributed by atoms with Crippen molar-refractivity contribution in [2.45, 2.75) is 31.7 Å². The van der Waals surface area contributed by atoms with Gasteiger partial charge in [0, 0.05) is 24.4 Å². The van der Waals surface area contributed by atoms with E-state index in [9.17, 15) is 13.6 Å². The standard InChI is InChI=1S/C13H18F2N2OS.ClH/c1-2-17(6-5-10-4-3-7-19-10)12(18)11-8-13(14,15)9-16-11;/h3-4,7,11,16H,2,5-6,8-9H2,1H3;1H. The Balaban J connectivity index is 0.00000200. The Kier molecular flexibility index (Phi) is 6.36. The van der Waals surface area contributed by atoms with Gasteiger partial charge in [-0.05, 0) is 24.8 Å². The van der Waals surface area contributed by atoms with E-state index in [1.165, 1.54) is 4.88 Å². The van der Waals surface area contributed by atoms with Crippen molar-refractivity contribution in [3.63, 3.8) is 0 Å². The molecule has 0 radical (unpaired) electrons. The number of carbonyl (C=O) groups excluding carboxylic acids is 1. The zero-order chi connectivity index (χ0) is 13.9. The molecule has 0 saturated carbocycles. The lowest BCUT2D eigenvalue weighted by Gasteiger charge is -2.24. The van der Waals surface area contributed by atoms with Crippen LogP contribution in [0.5, 0.6) is 0 Å². The molecule has 2 rings (SSSR count). The number of rotatable bonds is 5. The normalized spacial score (nSPS) is 20.4. The second-order valence-electron chi connectivity index (χ2n) is 4.74. The van der Waals surface area contributed by atoms with E-state index in [-0.39, 0.29) is 24.7 Å². The number of hydrogen-bond acceptors (Lipinski definition) is 3. The Morgan fingerprint density at radius 3 is 2.85 bits per heavy atom. The Labute approximate surface area is 127 Å². The van der Waals surface area contributed by atoms with E-state index in [0.29, 0.717) is 13.1 Å². The van der Waals surface area contributed by atoms with Crippen LogP contribution in [0, 0.1) is 0 Å². The monoisotopic (exact) mass is 324 g/mol. The van der Waals surface area contributed by atoms with Gasteiger partial charge in [-0.2, -0.15) is 0 Å². The molecular formula is C13H19ClF2N2OS. The molecule has 1 aliphatic heterocycles. The molecule has 1 amide bonds. The molecule has 7 heteroatoms. The first kappa shape index (κ1) is 17.3. The van der Waals surface area contributed by atoms with Crippen molar-refractivity contribution in [2.24, 2.45) is 0 Å². The summed E-state index contributed by atoms with van der Waals surface area (Å²) in [6.45, 7) is 2.61. The maximum absolute atomic E-state index is 13.1. The first-order valence-corrected chi connectivity index (χ1v) is 7.32. The van der Waals surface area contributed by atoms with Crippen molar-refractivity contribution in [1.82, 2.24) is 10.2 Å². The van der Waals surface area contributed by atoms with Gasteiger partial charge in [0.15, 0.2) is 0 Å². The molecule has 20 heavy (non-hydrogen) atoms. The van der Waals surface area contributed by atoms with E-state index in [4.69, 9.17) is 0 Å². The molecule has 1 unspecified atom stereocenters. The van der Waals surface area contributed by atoms with Gasteiger partial charge in [0.1, 0.15) is 0 Å². The molecule has 0 aromatic carbocycles. The molecular weight excluding hydrogens is 306 g/mol. The highest BCUT2D eigenvalue weighted by molar-refractivity contribution is 7.09. The van der Waals surface area contributed by atoms with Crippen molar-refractivity contribution in [3.05, 3.63) is 22.4 Å². The molecule has 1 aromatic rings. The SMILES string of the molecule is CCN(CCc1cccs1)C(=O)C1CC(F)(F)CN1.Cl. The van der Waals surface area contributed by atoms with Gasteiger partial charge in [0.05, 0.1) is 12.6 Å². The average Bonchev–Trinajstić information content (AvgIpc) is 2.99. The topological polar surface area (TPSA) is 32.3 Å². The third kappa shape index (κ3) is 4.40. The lowest BCUT2D eigenvalue weighted by molar-refractivity contribution is -0.133. The van der Waals surface area contributed by atoms with Crippen LogP contribution in [0.3, 0.4) is 0 Å². The third-order valence-corrected chi connectivity index (χ3v) is 4.25. The summed E-state index contributed by atoms with van der Waals surface area (Å²) in [6.07, 6.45) is 0.391. The largest absolute Gasteiger partial charge is 0.341 e. The van der Waals surface area contributed by atoms with Crippen LogP contribution in [0.1, 0.15) is 18.2 Å². The van der Waals surface area contributed by atoms with E-state index in [1.807, 2.05) is 24.4 Å². The molecule has 1 atom stereocenters. The van der Waals surface area contributed by atoms with Gasteiger partial charge in [-0.25, -0.2) is 8.78 Å². The fourth-order valence-electron chi connectivity index (χ4n) is 2.23. The van der Waals surface area contributed by atoms with Crippen molar-refractivity contribution in [1.29, 1.82) is 0 Å². The lowest BCUT2D eigenvalue weighted by Crippen LogP contribution is -2.44. The minimum atomic E-state index is -2.76. The number of nitrogens with zero attached hydrogens (tertiary/aromatic N) is 1. The number of hydrogen-bond donors (Lipinski definition) is 1. The summed E-state index contributed by atoms with van der Waals surface area (Å²) >= 11 is 1.65. The van der Waals surface area contributed by atoms with Crippen molar-refractivity contribution in [2.75, 3.05) is 19.6 Å². The fraction of sp³-hybridized carbons (Fsp3) is 0.615. The maximum Gasteiger partial charge on any atom is 0.262 e. The number of amides is 1. The zero-order valence-corrected chi connectivity index (χ0v) is 12.9. The molecule has 1 aromatic heterocycles. The second-order valence-corrected chi connectivity index (χ2v) is 5.77. The van der Waals surface area contributed by atoms with E-state index < -0.39 is 18.5 Å². The molecule has 0 aliphatic carbocycles. The van der Waals surface area contributed by atoms with Crippen molar-refractivity contribution >= 4 is 29.7 Å². The Hall–Kier alpha value is -0.720. The Morgan fingerprint density at radius 1 is 1.60 bits per heavy atom. The lowest BCUT2D eigenvalue weighted by atomic mass is 10.1. The smallest absolute Gasteiger partial charge is 0.262 e. The van der Waals surface area contributed by atoms with E-state index >= 15 is 0 Å². The molecule has 2 heterocycles. The second kappa shape index (κ2) is 7.33. The highest BCUT2D eigenvalue weighted by Crippen LogP contribution is 2.26. The average molecular weight is 325 g/mol.